The van der Waals surface area contributed by atoms with Crippen LogP contribution in [-0.2, 0) is 11.3 Å². The minimum absolute atomic E-state index is 0.627. The van der Waals surface area contributed by atoms with Gasteiger partial charge in [0.2, 0.25) is 0 Å². The Morgan fingerprint density at radius 2 is 1.79 bits per heavy atom. The van der Waals surface area contributed by atoms with E-state index in [1.807, 2.05) is 0 Å². The summed E-state index contributed by atoms with van der Waals surface area (Å²) in [5.74, 6) is 0.627. The summed E-state index contributed by atoms with van der Waals surface area (Å²) >= 11 is 0. The lowest BCUT2D eigenvalue weighted by Crippen LogP contribution is -2.44. The van der Waals surface area contributed by atoms with E-state index < -0.39 is 0 Å². The Balaban J connectivity index is 2.08. The number of hydrogen-bond donors (Lipinski definition) is 1. The van der Waals surface area contributed by atoms with E-state index in [0.717, 1.165) is 26.3 Å². The van der Waals surface area contributed by atoms with Crippen LogP contribution in [0.25, 0.3) is 0 Å². The smallest absolute Gasteiger partial charge is 0.191 e. The molecule has 1 aromatic carbocycles. The number of nitrogens with two attached hydrogens (primary N) is 1. The van der Waals surface area contributed by atoms with Crippen LogP contribution in [0.4, 0.5) is 0 Å². The number of rotatable bonds is 2. The maximum atomic E-state index is 6.05. The molecule has 0 aliphatic carbocycles. The largest absolute Gasteiger partial charge is 0.378 e. The van der Waals surface area contributed by atoms with Crippen molar-refractivity contribution in [3.63, 3.8) is 0 Å². The summed E-state index contributed by atoms with van der Waals surface area (Å²) in [7, 11) is 0. The van der Waals surface area contributed by atoms with Gasteiger partial charge in [-0.15, -0.1) is 0 Å². The lowest BCUT2D eigenvalue weighted by molar-refractivity contribution is 0.0674. The molecule has 0 aromatic heterocycles. The molecule has 1 saturated heterocycles. The zero-order valence-electron chi connectivity index (χ0n) is 12.1. The van der Waals surface area contributed by atoms with Gasteiger partial charge in [0.25, 0.3) is 0 Å². The van der Waals surface area contributed by atoms with Crippen LogP contribution in [-0.4, -0.2) is 37.2 Å². The van der Waals surface area contributed by atoms with Gasteiger partial charge < -0.3 is 15.4 Å². The highest BCUT2D eigenvalue weighted by atomic mass is 16.5. The third-order valence-electron chi connectivity index (χ3n) is 3.57. The normalized spacial score (nSPS) is 16.8. The fourth-order valence-corrected chi connectivity index (χ4v) is 2.51. The molecule has 0 amide bonds. The van der Waals surface area contributed by atoms with Crippen molar-refractivity contribution >= 4 is 5.96 Å². The molecule has 1 heterocycles. The highest BCUT2D eigenvalue weighted by Crippen LogP contribution is 2.17. The molecule has 0 atom stereocenters. The van der Waals surface area contributed by atoms with Gasteiger partial charge in [-0.25, -0.2) is 4.99 Å². The molecular weight excluding hydrogens is 238 g/mol. The predicted octanol–water partition coefficient (Wildman–Crippen LogP) is 1.76. The van der Waals surface area contributed by atoms with Crippen molar-refractivity contribution in [1.82, 2.24) is 4.90 Å². The van der Waals surface area contributed by atoms with Crippen LogP contribution in [0.5, 0.6) is 0 Å². The first-order valence-corrected chi connectivity index (χ1v) is 6.77. The van der Waals surface area contributed by atoms with Crippen molar-refractivity contribution < 1.29 is 4.74 Å². The van der Waals surface area contributed by atoms with E-state index in [1.165, 1.54) is 22.3 Å². The number of hydrogen-bond acceptors (Lipinski definition) is 2. The zero-order valence-corrected chi connectivity index (χ0v) is 12.1. The van der Waals surface area contributed by atoms with Gasteiger partial charge in [0.15, 0.2) is 5.96 Å². The van der Waals surface area contributed by atoms with Gasteiger partial charge in [-0.3, -0.25) is 0 Å². The van der Waals surface area contributed by atoms with Crippen molar-refractivity contribution in [3.05, 3.63) is 34.4 Å². The molecule has 0 unspecified atom stereocenters. The van der Waals surface area contributed by atoms with E-state index in [1.54, 1.807) is 0 Å². The summed E-state index contributed by atoms with van der Waals surface area (Å²) < 4.78 is 5.31. The molecule has 1 fully saturated rings. The number of nitrogens with zero attached hydrogens (tertiary/aromatic N) is 2. The summed E-state index contributed by atoms with van der Waals surface area (Å²) in [6.07, 6.45) is 0. The minimum atomic E-state index is 0.627. The second-order valence-electron chi connectivity index (χ2n) is 5.15. The molecule has 2 N–H and O–H groups in total. The topological polar surface area (TPSA) is 50.8 Å². The molecule has 1 aliphatic rings. The maximum absolute atomic E-state index is 6.05. The van der Waals surface area contributed by atoms with E-state index in [-0.39, 0.29) is 0 Å². The van der Waals surface area contributed by atoms with Crippen LogP contribution in [0, 0.1) is 20.8 Å². The molecule has 19 heavy (non-hydrogen) atoms. The maximum Gasteiger partial charge on any atom is 0.191 e. The first kappa shape index (κ1) is 13.9. The molecule has 2 rings (SSSR count). The van der Waals surface area contributed by atoms with E-state index in [0.29, 0.717) is 12.5 Å². The lowest BCUT2D eigenvalue weighted by atomic mass is 10.00. The molecular formula is C15H23N3O. The first-order valence-electron chi connectivity index (χ1n) is 6.77. The number of ether oxygens (including phenoxy) is 1. The number of guanidine groups is 1. The van der Waals surface area contributed by atoms with Crippen LogP contribution in [0.2, 0.25) is 0 Å². The van der Waals surface area contributed by atoms with Gasteiger partial charge in [-0.05, 0) is 37.5 Å². The Kier molecular flexibility index (Phi) is 4.43. The zero-order chi connectivity index (χ0) is 13.8. The van der Waals surface area contributed by atoms with E-state index in [4.69, 9.17) is 10.5 Å². The van der Waals surface area contributed by atoms with Crippen molar-refractivity contribution in [2.24, 2.45) is 10.7 Å². The highest BCUT2D eigenvalue weighted by molar-refractivity contribution is 5.78. The summed E-state index contributed by atoms with van der Waals surface area (Å²) in [5, 5.41) is 0. The molecule has 4 heteroatoms. The van der Waals surface area contributed by atoms with Gasteiger partial charge in [-0.1, -0.05) is 17.7 Å². The Labute approximate surface area is 115 Å². The molecule has 0 spiro atoms. The molecule has 104 valence electrons. The van der Waals surface area contributed by atoms with Gasteiger partial charge in [0.05, 0.1) is 19.8 Å². The van der Waals surface area contributed by atoms with Crippen molar-refractivity contribution in [2.75, 3.05) is 26.3 Å². The lowest BCUT2D eigenvalue weighted by Gasteiger charge is -2.27. The van der Waals surface area contributed by atoms with Gasteiger partial charge in [0, 0.05) is 13.1 Å². The average molecular weight is 261 g/mol. The first-order chi connectivity index (χ1) is 9.08. The third kappa shape index (κ3) is 3.47. The highest BCUT2D eigenvalue weighted by Gasteiger charge is 2.12. The van der Waals surface area contributed by atoms with E-state index in [2.05, 4.69) is 42.8 Å². The van der Waals surface area contributed by atoms with Crippen molar-refractivity contribution in [1.29, 1.82) is 0 Å². The Morgan fingerprint density at radius 1 is 1.21 bits per heavy atom. The fourth-order valence-electron chi connectivity index (χ4n) is 2.51. The standard InChI is InChI=1S/C15H23N3O/c1-11-8-12(2)14(13(3)9-11)10-17-15(16)18-4-6-19-7-5-18/h8-9H,4-7,10H2,1-3H3,(H2,16,17). The van der Waals surface area contributed by atoms with Crippen LogP contribution in [0.1, 0.15) is 22.3 Å². The fraction of sp³-hybridized carbons (Fsp3) is 0.533. The van der Waals surface area contributed by atoms with E-state index >= 15 is 0 Å². The third-order valence-corrected chi connectivity index (χ3v) is 3.57. The Morgan fingerprint density at radius 3 is 2.37 bits per heavy atom. The second-order valence-corrected chi connectivity index (χ2v) is 5.15. The van der Waals surface area contributed by atoms with Crippen LogP contribution >= 0.6 is 0 Å². The quantitative estimate of drug-likeness (QED) is 0.652. The number of morpholine rings is 1. The summed E-state index contributed by atoms with van der Waals surface area (Å²) in [4.78, 5) is 6.62. The Bertz CT molecular complexity index is 453. The van der Waals surface area contributed by atoms with Crippen molar-refractivity contribution in [3.8, 4) is 0 Å². The predicted molar refractivity (Wildman–Crippen MR) is 78.4 cm³/mol. The SMILES string of the molecule is Cc1cc(C)c(CN=C(N)N2CCOCC2)c(C)c1. The summed E-state index contributed by atoms with van der Waals surface area (Å²) in [6.45, 7) is 10.2. The molecule has 1 aromatic rings. The number of benzene rings is 1. The van der Waals surface area contributed by atoms with Crippen LogP contribution in [0.3, 0.4) is 0 Å². The molecule has 0 bridgehead atoms. The second kappa shape index (κ2) is 6.06. The van der Waals surface area contributed by atoms with Gasteiger partial charge in [-0.2, -0.15) is 0 Å². The van der Waals surface area contributed by atoms with Gasteiger partial charge >= 0.3 is 0 Å². The van der Waals surface area contributed by atoms with E-state index in [9.17, 15) is 0 Å². The molecule has 0 saturated carbocycles. The number of aliphatic imine (C=N–C) groups is 1. The van der Waals surface area contributed by atoms with Gasteiger partial charge in [0.1, 0.15) is 0 Å². The summed E-state index contributed by atoms with van der Waals surface area (Å²) in [6, 6.07) is 4.39. The summed E-state index contributed by atoms with van der Waals surface area (Å²) in [5.41, 5.74) is 11.2. The Hall–Kier alpha value is -1.55. The molecule has 4 nitrogen and oxygen atoms in total. The monoisotopic (exact) mass is 261 g/mol. The van der Waals surface area contributed by atoms with Crippen LogP contribution < -0.4 is 5.73 Å². The van der Waals surface area contributed by atoms with Crippen molar-refractivity contribution in [2.45, 2.75) is 27.3 Å². The number of aryl methyl sites for hydroxylation is 3. The molecule has 0 radical (unpaired) electrons. The minimum Gasteiger partial charge on any atom is -0.378 e. The molecule has 1 aliphatic heterocycles. The average Bonchev–Trinajstić information content (AvgIpc) is 2.38. The van der Waals surface area contributed by atoms with Crippen LogP contribution in [0.15, 0.2) is 17.1 Å².